The molecule has 1 atom stereocenters. The number of carbonyl (C=O) groups excluding carboxylic acids is 1. The van der Waals surface area contributed by atoms with Gasteiger partial charge in [0.15, 0.2) is 11.5 Å². The van der Waals surface area contributed by atoms with Crippen molar-refractivity contribution in [3.05, 3.63) is 41.3 Å². The molecule has 0 radical (unpaired) electrons. The van der Waals surface area contributed by atoms with Gasteiger partial charge in [-0.25, -0.2) is 8.42 Å². The van der Waals surface area contributed by atoms with Crippen LogP contribution in [0, 0.1) is 5.92 Å². The van der Waals surface area contributed by atoms with E-state index in [9.17, 15) is 13.2 Å². The van der Waals surface area contributed by atoms with Gasteiger partial charge in [0, 0.05) is 6.54 Å². The number of hydrogen-bond acceptors (Lipinski definition) is 6. The van der Waals surface area contributed by atoms with E-state index in [4.69, 9.17) is 9.47 Å². The number of amides is 1. The first-order valence-corrected chi connectivity index (χ1v) is 10.7. The molecule has 1 unspecified atom stereocenters. The second-order valence-electron chi connectivity index (χ2n) is 6.18. The second-order valence-corrected chi connectivity index (χ2v) is 9.07. The summed E-state index contributed by atoms with van der Waals surface area (Å²) in [6.07, 6.45) is 0. The van der Waals surface area contributed by atoms with E-state index in [2.05, 4.69) is 10.0 Å². The van der Waals surface area contributed by atoms with Crippen LogP contribution in [-0.4, -0.2) is 34.6 Å². The smallest absolute Gasteiger partial charge is 0.250 e. The highest BCUT2D eigenvalue weighted by atomic mass is 32.2. The van der Waals surface area contributed by atoms with Crippen LogP contribution in [0.2, 0.25) is 0 Å². The molecule has 0 aliphatic carbocycles. The molecule has 0 aliphatic rings. The summed E-state index contributed by atoms with van der Waals surface area (Å²) < 4.78 is 38.0. The van der Waals surface area contributed by atoms with Crippen molar-refractivity contribution in [1.29, 1.82) is 0 Å². The van der Waals surface area contributed by atoms with E-state index in [-0.39, 0.29) is 22.6 Å². The fourth-order valence-corrected chi connectivity index (χ4v) is 4.78. The zero-order chi connectivity index (χ0) is 20.0. The number of rotatable bonds is 9. The lowest BCUT2D eigenvalue weighted by Crippen LogP contribution is -2.49. The average Bonchev–Trinajstić information content (AvgIpc) is 3.19. The maximum absolute atomic E-state index is 12.6. The topological polar surface area (TPSA) is 93.7 Å². The molecular weight excluding hydrogens is 388 g/mol. The van der Waals surface area contributed by atoms with Crippen LogP contribution < -0.4 is 19.5 Å². The van der Waals surface area contributed by atoms with Gasteiger partial charge >= 0.3 is 0 Å². The van der Waals surface area contributed by atoms with Crippen molar-refractivity contribution in [3.8, 4) is 11.5 Å². The number of hydrogen-bond donors (Lipinski definition) is 2. The number of carbonyl (C=O) groups is 1. The minimum Gasteiger partial charge on any atom is -0.493 e. The van der Waals surface area contributed by atoms with E-state index in [1.165, 1.54) is 13.2 Å². The lowest BCUT2D eigenvalue weighted by Gasteiger charge is -2.21. The van der Waals surface area contributed by atoms with Gasteiger partial charge < -0.3 is 14.8 Å². The molecule has 0 spiro atoms. The van der Waals surface area contributed by atoms with E-state index >= 15 is 0 Å². The highest BCUT2D eigenvalue weighted by Gasteiger charge is 2.28. The molecular formula is C18H24N2O5S2. The minimum atomic E-state index is -3.74. The van der Waals surface area contributed by atoms with E-state index in [0.717, 1.165) is 16.9 Å². The molecule has 0 fully saturated rings. The first-order valence-electron chi connectivity index (χ1n) is 8.33. The predicted octanol–water partition coefficient (Wildman–Crippen LogP) is 2.38. The van der Waals surface area contributed by atoms with E-state index in [0.29, 0.717) is 11.5 Å². The number of thiophene rings is 1. The van der Waals surface area contributed by atoms with E-state index in [1.54, 1.807) is 44.5 Å². The molecule has 0 saturated heterocycles. The third-order valence-corrected chi connectivity index (χ3v) is 6.74. The number of benzene rings is 1. The zero-order valence-corrected chi connectivity index (χ0v) is 17.3. The third-order valence-electron chi connectivity index (χ3n) is 3.91. The Bertz CT molecular complexity index is 864. The van der Waals surface area contributed by atoms with Crippen LogP contribution in [-0.2, 0) is 21.4 Å². The van der Waals surface area contributed by atoms with Crippen LogP contribution >= 0.6 is 11.3 Å². The van der Waals surface area contributed by atoms with Crippen LogP contribution in [0.5, 0.6) is 11.5 Å². The van der Waals surface area contributed by atoms with Crippen LogP contribution in [0.1, 0.15) is 19.4 Å². The van der Waals surface area contributed by atoms with Gasteiger partial charge in [-0.05, 0) is 35.1 Å². The van der Waals surface area contributed by atoms with Crippen molar-refractivity contribution in [2.45, 2.75) is 30.6 Å². The van der Waals surface area contributed by atoms with Gasteiger partial charge in [0.1, 0.15) is 10.3 Å². The average molecular weight is 413 g/mol. The van der Waals surface area contributed by atoms with Crippen LogP contribution in [0.25, 0.3) is 0 Å². The summed E-state index contributed by atoms with van der Waals surface area (Å²) in [6, 6.07) is 7.60. The maximum atomic E-state index is 12.6. The number of ether oxygens (including phenoxy) is 2. The fourth-order valence-electron chi connectivity index (χ4n) is 2.42. The van der Waals surface area contributed by atoms with Crippen molar-refractivity contribution >= 4 is 27.3 Å². The van der Waals surface area contributed by atoms with Crippen LogP contribution in [0.3, 0.4) is 0 Å². The molecule has 9 heteroatoms. The van der Waals surface area contributed by atoms with Crippen LogP contribution in [0.4, 0.5) is 0 Å². The minimum absolute atomic E-state index is 0.181. The maximum Gasteiger partial charge on any atom is 0.250 e. The van der Waals surface area contributed by atoms with E-state index < -0.39 is 16.1 Å². The number of nitrogens with one attached hydrogen (secondary N) is 2. The highest BCUT2D eigenvalue weighted by Crippen LogP contribution is 2.27. The molecule has 2 aromatic rings. The summed E-state index contributed by atoms with van der Waals surface area (Å²) in [5.74, 6) is 0.546. The molecule has 27 heavy (non-hydrogen) atoms. The molecule has 0 bridgehead atoms. The van der Waals surface area contributed by atoms with Crippen molar-refractivity contribution in [3.63, 3.8) is 0 Å². The van der Waals surface area contributed by atoms with Gasteiger partial charge in [-0.15, -0.1) is 11.3 Å². The number of sulfonamides is 1. The second kappa shape index (κ2) is 9.20. The Morgan fingerprint density at radius 1 is 1.15 bits per heavy atom. The third kappa shape index (κ3) is 5.44. The molecule has 2 rings (SSSR count). The summed E-state index contributed by atoms with van der Waals surface area (Å²) >= 11 is 1.11. The summed E-state index contributed by atoms with van der Waals surface area (Å²) in [5, 5.41) is 4.45. The Hall–Kier alpha value is -2.10. The standard InChI is InChI=1S/C18H24N2O5S2/c1-12(2)17(20-27(22,23)16-6-5-9-26-16)18(21)19-11-13-7-8-14(24-3)15(10-13)25-4/h5-10,12,17,20H,11H2,1-4H3,(H,19,21). The zero-order valence-electron chi connectivity index (χ0n) is 15.7. The Morgan fingerprint density at radius 2 is 1.85 bits per heavy atom. The molecule has 1 amide bonds. The molecule has 1 aromatic heterocycles. The molecule has 2 N–H and O–H groups in total. The number of methoxy groups -OCH3 is 2. The lowest BCUT2D eigenvalue weighted by atomic mass is 10.0. The predicted molar refractivity (Wildman–Crippen MR) is 105 cm³/mol. The summed E-state index contributed by atoms with van der Waals surface area (Å²) in [6.45, 7) is 3.82. The summed E-state index contributed by atoms with van der Waals surface area (Å²) in [5.41, 5.74) is 0.810. The van der Waals surface area contributed by atoms with Gasteiger partial charge in [0.2, 0.25) is 5.91 Å². The Labute approximate surface area is 163 Å². The van der Waals surface area contributed by atoms with E-state index in [1.807, 2.05) is 6.07 Å². The van der Waals surface area contributed by atoms with Crippen molar-refractivity contribution in [2.24, 2.45) is 5.92 Å². The van der Waals surface area contributed by atoms with Crippen LogP contribution in [0.15, 0.2) is 39.9 Å². The molecule has 1 heterocycles. The summed E-state index contributed by atoms with van der Waals surface area (Å²) in [4.78, 5) is 12.6. The molecule has 0 saturated carbocycles. The Kier molecular flexibility index (Phi) is 7.23. The van der Waals surface area contributed by atoms with Gasteiger partial charge in [0.25, 0.3) is 10.0 Å². The van der Waals surface area contributed by atoms with Gasteiger partial charge in [0.05, 0.1) is 14.2 Å². The first-order chi connectivity index (χ1) is 12.8. The Morgan fingerprint density at radius 3 is 2.41 bits per heavy atom. The largest absolute Gasteiger partial charge is 0.493 e. The quantitative estimate of drug-likeness (QED) is 0.660. The van der Waals surface area contributed by atoms with Gasteiger partial charge in [-0.3, -0.25) is 4.79 Å². The molecule has 1 aromatic carbocycles. The van der Waals surface area contributed by atoms with Gasteiger partial charge in [-0.2, -0.15) is 4.72 Å². The molecule has 148 valence electrons. The van der Waals surface area contributed by atoms with Crippen molar-refractivity contribution < 1.29 is 22.7 Å². The van der Waals surface area contributed by atoms with Crippen molar-refractivity contribution in [2.75, 3.05) is 14.2 Å². The molecule has 0 aliphatic heterocycles. The first kappa shape index (κ1) is 21.2. The fraction of sp³-hybridized carbons (Fsp3) is 0.389. The summed E-state index contributed by atoms with van der Waals surface area (Å²) in [7, 11) is -0.654. The SMILES string of the molecule is COc1ccc(CNC(=O)C(NS(=O)(=O)c2cccs2)C(C)C)cc1OC. The van der Waals surface area contributed by atoms with Crippen molar-refractivity contribution in [1.82, 2.24) is 10.0 Å². The Balaban J connectivity index is 2.07. The highest BCUT2D eigenvalue weighted by molar-refractivity contribution is 7.91. The molecule has 7 nitrogen and oxygen atoms in total. The lowest BCUT2D eigenvalue weighted by molar-refractivity contribution is -0.123. The monoisotopic (exact) mass is 412 g/mol. The normalized spacial score (nSPS) is 12.6. The van der Waals surface area contributed by atoms with Gasteiger partial charge in [-0.1, -0.05) is 26.0 Å².